The molecule has 0 aliphatic rings. The van der Waals surface area contributed by atoms with Gasteiger partial charge in [-0.1, -0.05) is 37.3 Å². The second kappa shape index (κ2) is 10.1. The summed E-state index contributed by atoms with van der Waals surface area (Å²) >= 11 is 0. The maximum atomic E-state index is 11.6. The van der Waals surface area contributed by atoms with Crippen molar-refractivity contribution in [2.24, 2.45) is 5.92 Å². The van der Waals surface area contributed by atoms with Gasteiger partial charge in [0.05, 0.1) is 20.3 Å². The average molecular weight is 294 g/mol. The Labute approximate surface area is 125 Å². The molecule has 0 saturated carbocycles. The van der Waals surface area contributed by atoms with Crippen LogP contribution in [0.15, 0.2) is 30.3 Å². The molecule has 0 fully saturated rings. The number of ketones is 1. The summed E-state index contributed by atoms with van der Waals surface area (Å²) in [5.74, 6) is -0.854. The Morgan fingerprint density at radius 3 is 2.52 bits per heavy atom. The van der Waals surface area contributed by atoms with Crippen molar-refractivity contribution in [3.8, 4) is 0 Å². The van der Waals surface area contributed by atoms with Crippen LogP contribution in [0.25, 0.3) is 0 Å². The van der Waals surface area contributed by atoms with Crippen molar-refractivity contribution in [2.45, 2.75) is 26.4 Å². The number of benzene rings is 1. The Hall–Kier alpha value is -1.72. The minimum atomic E-state index is -0.501. The molecule has 0 heterocycles. The van der Waals surface area contributed by atoms with E-state index in [0.717, 1.165) is 5.56 Å². The average Bonchev–Trinajstić information content (AvgIpc) is 2.51. The highest BCUT2D eigenvalue weighted by atomic mass is 16.7. The maximum absolute atomic E-state index is 11.6. The van der Waals surface area contributed by atoms with Crippen molar-refractivity contribution >= 4 is 11.8 Å². The summed E-state index contributed by atoms with van der Waals surface area (Å²) < 4.78 is 15.1. The van der Waals surface area contributed by atoms with Gasteiger partial charge in [-0.25, -0.2) is 0 Å². The van der Waals surface area contributed by atoms with E-state index < -0.39 is 5.97 Å². The van der Waals surface area contributed by atoms with Crippen LogP contribution in [0, 0.1) is 5.92 Å². The monoisotopic (exact) mass is 294 g/mol. The van der Waals surface area contributed by atoms with Gasteiger partial charge in [0, 0.05) is 5.92 Å². The van der Waals surface area contributed by atoms with Gasteiger partial charge in [-0.2, -0.15) is 0 Å². The molecule has 0 aliphatic carbocycles. The lowest BCUT2D eigenvalue weighted by atomic mass is 10.0. The van der Waals surface area contributed by atoms with Crippen LogP contribution in [0.2, 0.25) is 0 Å². The molecule has 1 rings (SSSR count). The largest absolute Gasteiger partial charge is 0.469 e. The molecule has 0 radical (unpaired) electrons. The Bertz CT molecular complexity index is 430. The minimum absolute atomic E-state index is 0.129. The van der Waals surface area contributed by atoms with Crippen LogP contribution in [-0.4, -0.2) is 32.3 Å². The number of ether oxygens (including phenoxy) is 3. The van der Waals surface area contributed by atoms with Crippen molar-refractivity contribution in [3.05, 3.63) is 35.9 Å². The highest BCUT2D eigenvalue weighted by Crippen LogP contribution is 2.07. The zero-order valence-electron chi connectivity index (χ0n) is 12.5. The van der Waals surface area contributed by atoms with Crippen molar-refractivity contribution in [3.63, 3.8) is 0 Å². The number of Topliss-reactive ketones (excluding diaryl/α,β-unsaturated/α-hetero) is 1. The number of rotatable bonds is 10. The molecule has 0 aliphatic heterocycles. The quantitative estimate of drug-likeness (QED) is 0.287. The molecule has 0 amide bonds. The van der Waals surface area contributed by atoms with E-state index in [0.29, 0.717) is 19.6 Å². The van der Waals surface area contributed by atoms with Gasteiger partial charge in [0.15, 0.2) is 0 Å². The first-order valence-electron chi connectivity index (χ1n) is 6.92. The number of hydrogen-bond acceptors (Lipinski definition) is 5. The molecule has 0 spiro atoms. The fraction of sp³-hybridized carbons (Fsp3) is 0.500. The van der Waals surface area contributed by atoms with Crippen LogP contribution in [0.3, 0.4) is 0 Å². The summed E-state index contributed by atoms with van der Waals surface area (Å²) in [5, 5.41) is 0. The normalized spacial score (nSPS) is 11.9. The molecular weight excluding hydrogens is 272 g/mol. The molecule has 0 N–H and O–H groups in total. The van der Waals surface area contributed by atoms with E-state index in [-0.39, 0.29) is 24.9 Å². The lowest BCUT2D eigenvalue weighted by molar-refractivity contribution is -0.144. The fourth-order valence-electron chi connectivity index (χ4n) is 1.66. The summed E-state index contributed by atoms with van der Waals surface area (Å²) in [6, 6.07) is 9.82. The minimum Gasteiger partial charge on any atom is -0.469 e. The van der Waals surface area contributed by atoms with E-state index in [2.05, 4.69) is 4.74 Å². The maximum Gasteiger partial charge on any atom is 0.313 e. The van der Waals surface area contributed by atoms with E-state index in [1.807, 2.05) is 30.3 Å². The molecule has 116 valence electrons. The standard InChI is InChI=1S/C16H22O5/c1-13(15(17)10-16(18)19-2)8-9-20-12-21-11-14-6-4-3-5-7-14/h3-7,13H,8-12H2,1-2H3. The number of hydrogen-bond donors (Lipinski definition) is 0. The summed E-state index contributed by atoms with van der Waals surface area (Å²) in [7, 11) is 1.27. The molecule has 0 bridgehead atoms. The molecular formula is C16H22O5. The van der Waals surface area contributed by atoms with Crippen LogP contribution in [0.4, 0.5) is 0 Å². The number of methoxy groups -OCH3 is 1. The van der Waals surface area contributed by atoms with E-state index in [1.54, 1.807) is 6.92 Å². The zero-order chi connectivity index (χ0) is 15.5. The van der Waals surface area contributed by atoms with Crippen molar-refractivity contribution < 1.29 is 23.8 Å². The predicted molar refractivity (Wildman–Crippen MR) is 77.5 cm³/mol. The Balaban J connectivity index is 2.05. The second-order valence-corrected chi connectivity index (χ2v) is 4.77. The van der Waals surface area contributed by atoms with Gasteiger partial charge in [0.2, 0.25) is 0 Å². The van der Waals surface area contributed by atoms with Gasteiger partial charge in [-0.05, 0) is 12.0 Å². The Morgan fingerprint density at radius 2 is 1.86 bits per heavy atom. The lowest BCUT2D eigenvalue weighted by Gasteiger charge is -2.10. The highest BCUT2D eigenvalue weighted by Gasteiger charge is 2.16. The topological polar surface area (TPSA) is 61.8 Å². The van der Waals surface area contributed by atoms with Gasteiger partial charge >= 0.3 is 5.97 Å². The van der Waals surface area contributed by atoms with E-state index in [1.165, 1.54) is 7.11 Å². The summed E-state index contributed by atoms with van der Waals surface area (Å²) in [6.07, 6.45) is 0.382. The van der Waals surface area contributed by atoms with Gasteiger partial charge in [0.1, 0.15) is 19.0 Å². The Kier molecular flexibility index (Phi) is 8.31. The van der Waals surface area contributed by atoms with Gasteiger partial charge in [0.25, 0.3) is 0 Å². The summed E-state index contributed by atoms with van der Waals surface area (Å²) in [5.41, 5.74) is 1.09. The predicted octanol–water partition coefficient (Wildman–Crippen LogP) is 2.34. The molecule has 21 heavy (non-hydrogen) atoms. The fourth-order valence-corrected chi connectivity index (χ4v) is 1.66. The first kappa shape index (κ1) is 17.3. The third-order valence-corrected chi connectivity index (χ3v) is 3.07. The van der Waals surface area contributed by atoms with Crippen molar-refractivity contribution in [1.82, 2.24) is 0 Å². The highest BCUT2D eigenvalue weighted by molar-refractivity contribution is 5.96. The molecule has 1 aromatic rings. The third kappa shape index (κ3) is 7.58. The van der Waals surface area contributed by atoms with E-state index in [9.17, 15) is 9.59 Å². The van der Waals surface area contributed by atoms with Crippen LogP contribution >= 0.6 is 0 Å². The molecule has 1 unspecified atom stereocenters. The molecule has 5 nitrogen and oxygen atoms in total. The molecule has 1 aromatic carbocycles. The molecule has 5 heteroatoms. The SMILES string of the molecule is COC(=O)CC(=O)C(C)CCOCOCc1ccccc1. The zero-order valence-corrected chi connectivity index (χ0v) is 12.5. The summed E-state index contributed by atoms with van der Waals surface area (Å²) in [6.45, 7) is 2.88. The molecule has 0 aromatic heterocycles. The van der Waals surface area contributed by atoms with E-state index in [4.69, 9.17) is 9.47 Å². The number of carbonyl (C=O) groups excluding carboxylic acids is 2. The van der Waals surface area contributed by atoms with Gasteiger partial charge in [-0.15, -0.1) is 0 Å². The number of carbonyl (C=O) groups is 2. The van der Waals surface area contributed by atoms with Crippen LogP contribution < -0.4 is 0 Å². The number of esters is 1. The van der Waals surface area contributed by atoms with Crippen molar-refractivity contribution in [2.75, 3.05) is 20.5 Å². The third-order valence-electron chi connectivity index (χ3n) is 3.07. The van der Waals surface area contributed by atoms with Gasteiger partial charge < -0.3 is 14.2 Å². The lowest BCUT2D eigenvalue weighted by Crippen LogP contribution is -2.18. The first-order chi connectivity index (χ1) is 10.1. The first-order valence-corrected chi connectivity index (χ1v) is 6.92. The van der Waals surface area contributed by atoms with Crippen molar-refractivity contribution in [1.29, 1.82) is 0 Å². The molecule has 0 saturated heterocycles. The van der Waals surface area contributed by atoms with Crippen LogP contribution in [0.5, 0.6) is 0 Å². The van der Waals surface area contributed by atoms with Crippen LogP contribution in [-0.2, 0) is 30.4 Å². The second-order valence-electron chi connectivity index (χ2n) is 4.77. The smallest absolute Gasteiger partial charge is 0.313 e. The van der Waals surface area contributed by atoms with Crippen LogP contribution in [0.1, 0.15) is 25.3 Å². The Morgan fingerprint density at radius 1 is 1.14 bits per heavy atom. The van der Waals surface area contributed by atoms with Gasteiger partial charge in [-0.3, -0.25) is 9.59 Å². The van der Waals surface area contributed by atoms with E-state index >= 15 is 0 Å². The molecule has 1 atom stereocenters. The summed E-state index contributed by atoms with van der Waals surface area (Å²) in [4.78, 5) is 22.6.